The van der Waals surface area contributed by atoms with Gasteiger partial charge >= 0.3 is 0 Å². The van der Waals surface area contributed by atoms with Crippen LogP contribution in [0.4, 0.5) is 4.39 Å². The number of benzene rings is 1. The van der Waals surface area contributed by atoms with Crippen molar-refractivity contribution in [2.24, 2.45) is 0 Å². The van der Waals surface area contributed by atoms with Gasteiger partial charge in [-0.15, -0.1) is 0 Å². The lowest BCUT2D eigenvalue weighted by Gasteiger charge is -2.18. The molecular formula is C17H20FN3. The molecule has 1 N–H and O–H groups in total. The van der Waals surface area contributed by atoms with Crippen molar-refractivity contribution >= 4 is 0 Å². The maximum Gasteiger partial charge on any atom is 0.123 e. The summed E-state index contributed by atoms with van der Waals surface area (Å²) in [5.41, 5.74) is 3.53. The Kier molecular flexibility index (Phi) is 3.26. The standard InChI is InChI=1S/C17H20FN3/c18-13-5-7-14(8-6-13)21-16-9-10-19-11-15(16)20-17(21)12-3-1-2-4-12/h5-8,12,19H,1-4,9-11H2. The molecule has 1 aromatic carbocycles. The van der Waals surface area contributed by atoms with E-state index in [4.69, 9.17) is 4.98 Å². The highest BCUT2D eigenvalue weighted by atomic mass is 19.1. The minimum atomic E-state index is -0.184. The van der Waals surface area contributed by atoms with Gasteiger partial charge in [0.15, 0.2) is 0 Å². The quantitative estimate of drug-likeness (QED) is 0.917. The van der Waals surface area contributed by atoms with Gasteiger partial charge in [-0.1, -0.05) is 12.8 Å². The minimum absolute atomic E-state index is 0.184. The van der Waals surface area contributed by atoms with E-state index >= 15 is 0 Å². The molecule has 2 aliphatic rings. The van der Waals surface area contributed by atoms with Crippen LogP contribution in [0.25, 0.3) is 5.69 Å². The van der Waals surface area contributed by atoms with Gasteiger partial charge in [0.05, 0.1) is 5.69 Å². The maximum atomic E-state index is 13.2. The van der Waals surface area contributed by atoms with Crippen molar-refractivity contribution in [3.63, 3.8) is 0 Å². The molecule has 0 unspecified atom stereocenters. The first-order valence-electron chi connectivity index (χ1n) is 7.90. The zero-order valence-electron chi connectivity index (χ0n) is 12.1. The molecule has 3 nitrogen and oxygen atoms in total. The Bertz CT molecular complexity index is 639. The molecule has 1 aromatic heterocycles. The Morgan fingerprint density at radius 2 is 1.90 bits per heavy atom. The van der Waals surface area contributed by atoms with Crippen LogP contribution in [0.1, 0.15) is 48.8 Å². The molecular weight excluding hydrogens is 265 g/mol. The Balaban J connectivity index is 1.85. The summed E-state index contributed by atoms with van der Waals surface area (Å²) in [7, 11) is 0. The van der Waals surface area contributed by atoms with Gasteiger partial charge in [-0.25, -0.2) is 9.37 Å². The van der Waals surface area contributed by atoms with Crippen molar-refractivity contribution in [3.8, 4) is 5.69 Å². The topological polar surface area (TPSA) is 29.9 Å². The summed E-state index contributed by atoms with van der Waals surface area (Å²) in [6, 6.07) is 6.83. The Labute approximate surface area is 124 Å². The molecule has 1 fully saturated rings. The molecule has 110 valence electrons. The van der Waals surface area contributed by atoms with E-state index in [1.54, 1.807) is 12.1 Å². The molecule has 0 spiro atoms. The molecule has 0 saturated heterocycles. The van der Waals surface area contributed by atoms with Crippen LogP contribution in [0.5, 0.6) is 0 Å². The van der Waals surface area contributed by atoms with Crippen molar-refractivity contribution in [2.75, 3.05) is 6.54 Å². The zero-order chi connectivity index (χ0) is 14.2. The first-order chi connectivity index (χ1) is 10.3. The lowest BCUT2D eigenvalue weighted by molar-refractivity contribution is 0.615. The number of hydrogen-bond acceptors (Lipinski definition) is 2. The molecule has 0 radical (unpaired) electrons. The van der Waals surface area contributed by atoms with Crippen LogP contribution in [0.3, 0.4) is 0 Å². The molecule has 21 heavy (non-hydrogen) atoms. The maximum absolute atomic E-state index is 13.2. The van der Waals surface area contributed by atoms with Crippen molar-refractivity contribution in [1.82, 2.24) is 14.9 Å². The number of imidazole rings is 1. The van der Waals surface area contributed by atoms with Gasteiger partial charge in [0.25, 0.3) is 0 Å². The largest absolute Gasteiger partial charge is 0.311 e. The van der Waals surface area contributed by atoms with Crippen molar-refractivity contribution in [2.45, 2.75) is 44.6 Å². The summed E-state index contributed by atoms with van der Waals surface area (Å²) >= 11 is 0. The molecule has 2 heterocycles. The number of fused-ring (bicyclic) bond motifs is 1. The van der Waals surface area contributed by atoms with Gasteiger partial charge in [-0.3, -0.25) is 0 Å². The number of hydrogen-bond donors (Lipinski definition) is 1. The Hall–Kier alpha value is -1.68. The summed E-state index contributed by atoms with van der Waals surface area (Å²) in [6.07, 6.45) is 6.04. The van der Waals surface area contributed by atoms with Crippen LogP contribution >= 0.6 is 0 Å². The third kappa shape index (κ3) is 2.27. The first kappa shape index (κ1) is 13.0. The van der Waals surface area contributed by atoms with Crippen LogP contribution in [0, 0.1) is 5.82 Å². The smallest absolute Gasteiger partial charge is 0.123 e. The van der Waals surface area contributed by atoms with E-state index < -0.39 is 0 Å². The lowest BCUT2D eigenvalue weighted by Crippen LogP contribution is -2.24. The third-order valence-corrected chi connectivity index (χ3v) is 4.72. The van der Waals surface area contributed by atoms with Gasteiger partial charge in [0, 0.05) is 36.8 Å². The number of rotatable bonds is 2. The van der Waals surface area contributed by atoms with E-state index in [1.807, 2.05) is 12.1 Å². The second-order valence-electron chi connectivity index (χ2n) is 6.08. The molecule has 0 bridgehead atoms. The van der Waals surface area contributed by atoms with E-state index in [1.165, 1.54) is 42.9 Å². The molecule has 1 saturated carbocycles. The fourth-order valence-corrected chi connectivity index (χ4v) is 3.67. The van der Waals surface area contributed by atoms with E-state index in [0.717, 1.165) is 25.2 Å². The molecule has 4 rings (SSSR count). The summed E-state index contributed by atoms with van der Waals surface area (Å²) in [4.78, 5) is 4.94. The zero-order valence-corrected chi connectivity index (χ0v) is 12.1. The van der Waals surface area contributed by atoms with Gasteiger partial charge in [-0.2, -0.15) is 0 Å². The van der Waals surface area contributed by atoms with Gasteiger partial charge in [0.1, 0.15) is 11.6 Å². The number of nitrogens with zero attached hydrogens (tertiary/aromatic N) is 2. The second-order valence-corrected chi connectivity index (χ2v) is 6.08. The molecule has 1 aliphatic heterocycles. The normalized spacial score (nSPS) is 18.9. The number of aromatic nitrogens is 2. The highest BCUT2D eigenvalue weighted by Gasteiger charge is 2.27. The van der Waals surface area contributed by atoms with Crippen LogP contribution in [-0.2, 0) is 13.0 Å². The molecule has 2 aromatic rings. The predicted octanol–water partition coefficient (Wildman–Crippen LogP) is 3.31. The van der Waals surface area contributed by atoms with Crippen molar-refractivity contribution < 1.29 is 4.39 Å². The number of nitrogens with one attached hydrogen (secondary N) is 1. The number of halogens is 1. The molecule has 1 aliphatic carbocycles. The van der Waals surface area contributed by atoms with Crippen molar-refractivity contribution in [1.29, 1.82) is 0 Å². The predicted molar refractivity (Wildman–Crippen MR) is 80.1 cm³/mol. The van der Waals surface area contributed by atoms with Gasteiger partial charge in [0.2, 0.25) is 0 Å². The summed E-state index contributed by atoms with van der Waals surface area (Å²) in [5.74, 6) is 1.56. The molecule has 0 atom stereocenters. The van der Waals surface area contributed by atoms with E-state index in [9.17, 15) is 4.39 Å². The van der Waals surface area contributed by atoms with Crippen molar-refractivity contribution in [3.05, 3.63) is 47.3 Å². The van der Waals surface area contributed by atoms with E-state index in [0.29, 0.717) is 5.92 Å². The Morgan fingerprint density at radius 3 is 2.67 bits per heavy atom. The Morgan fingerprint density at radius 1 is 1.14 bits per heavy atom. The highest BCUT2D eigenvalue weighted by Crippen LogP contribution is 2.36. The van der Waals surface area contributed by atoms with Gasteiger partial charge < -0.3 is 9.88 Å². The second kappa shape index (κ2) is 5.26. The van der Waals surface area contributed by atoms with E-state index in [-0.39, 0.29) is 5.82 Å². The van der Waals surface area contributed by atoms with E-state index in [2.05, 4.69) is 9.88 Å². The van der Waals surface area contributed by atoms with Crippen LogP contribution in [-0.4, -0.2) is 16.1 Å². The SMILES string of the molecule is Fc1ccc(-n2c(C3CCCC3)nc3c2CCNC3)cc1. The summed E-state index contributed by atoms with van der Waals surface area (Å²) in [6.45, 7) is 1.84. The summed E-state index contributed by atoms with van der Waals surface area (Å²) in [5, 5.41) is 3.40. The molecule has 0 amide bonds. The van der Waals surface area contributed by atoms with Crippen LogP contribution < -0.4 is 5.32 Å². The molecule has 4 heteroatoms. The van der Waals surface area contributed by atoms with Crippen LogP contribution in [0.2, 0.25) is 0 Å². The lowest BCUT2D eigenvalue weighted by atomic mass is 10.1. The van der Waals surface area contributed by atoms with Gasteiger partial charge in [-0.05, 0) is 37.1 Å². The average molecular weight is 285 g/mol. The fraction of sp³-hybridized carbons (Fsp3) is 0.471. The minimum Gasteiger partial charge on any atom is -0.311 e. The third-order valence-electron chi connectivity index (χ3n) is 4.72. The fourth-order valence-electron chi connectivity index (χ4n) is 3.67. The monoisotopic (exact) mass is 285 g/mol. The summed E-state index contributed by atoms with van der Waals surface area (Å²) < 4.78 is 15.5. The highest BCUT2D eigenvalue weighted by molar-refractivity contribution is 5.39. The van der Waals surface area contributed by atoms with Crippen LogP contribution in [0.15, 0.2) is 24.3 Å². The average Bonchev–Trinajstić information content (AvgIpc) is 3.15. The first-order valence-corrected chi connectivity index (χ1v) is 7.90.